The van der Waals surface area contributed by atoms with Gasteiger partial charge in [0.15, 0.2) is 18.1 Å². The minimum absolute atomic E-state index is 0.206. The molecule has 0 spiro atoms. The molecule has 0 aliphatic rings. The van der Waals surface area contributed by atoms with Crippen molar-refractivity contribution in [2.75, 3.05) is 32.8 Å². The number of carbonyl (C=O) groups excluding carboxylic acids is 1. The lowest BCUT2D eigenvalue weighted by Gasteiger charge is -2.10. The van der Waals surface area contributed by atoms with Crippen molar-refractivity contribution in [2.24, 2.45) is 5.16 Å². The summed E-state index contributed by atoms with van der Waals surface area (Å²) in [7, 11) is 3.08. The number of nitrogens with zero attached hydrogens (tertiary/aromatic N) is 1. The first kappa shape index (κ1) is 19.1. The molecule has 138 valence electrons. The van der Waals surface area contributed by atoms with Gasteiger partial charge in [-0.2, -0.15) is 0 Å². The number of anilines is 1. The van der Waals surface area contributed by atoms with E-state index in [0.717, 1.165) is 11.3 Å². The van der Waals surface area contributed by atoms with Crippen molar-refractivity contribution in [3.05, 3.63) is 48.0 Å². The molecule has 2 rings (SSSR count). The molecular formula is C19H22N2O5. The SMILES string of the molecule is CCOc1ccc(/C=N\OCC(=O)Nc2ccc(OC)c(OC)c2)cc1. The average molecular weight is 358 g/mol. The summed E-state index contributed by atoms with van der Waals surface area (Å²) >= 11 is 0. The highest BCUT2D eigenvalue weighted by Crippen LogP contribution is 2.29. The Morgan fingerprint density at radius 3 is 2.46 bits per heavy atom. The Bertz CT molecular complexity index is 744. The Kier molecular flexibility index (Phi) is 7.30. The lowest BCUT2D eigenvalue weighted by Crippen LogP contribution is -2.17. The molecule has 7 heteroatoms. The Balaban J connectivity index is 1.81. The summed E-state index contributed by atoms with van der Waals surface area (Å²) in [5.74, 6) is 1.57. The number of methoxy groups -OCH3 is 2. The van der Waals surface area contributed by atoms with E-state index >= 15 is 0 Å². The molecule has 2 aromatic carbocycles. The van der Waals surface area contributed by atoms with Gasteiger partial charge in [-0.1, -0.05) is 5.16 Å². The Morgan fingerprint density at radius 2 is 1.81 bits per heavy atom. The van der Waals surface area contributed by atoms with Gasteiger partial charge in [-0.25, -0.2) is 0 Å². The van der Waals surface area contributed by atoms with Crippen LogP contribution in [0.1, 0.15) is 12.5 Å². The van der Waals surface area contributed by atoms with Gasteiger partial charge >= 0.3 is 0 Å². The topological polar surface area (TPSA) is 78.4 Å². The predicted octanol–water partition coefficient (Wildman–Crippen LogP) is 3.09. The maximum atomic E-state index is 11.9. The third kappa shape index (κ3) is 5.70. The summed E-state index contributed by atoms with van der Waals surface area (Å²) < 4.78 is 15.7. The summed E-state index contributed by atoms with van der Waals surface area (Å²) in [6.07, 6.45) is 1.53. The summed E-state index contributed by atoms with van der Waals surface area (Å²) in [6.45, 7) is 2.34. The van der Waals surface area contributed by atoms with Gasteiger partial charge in [-0.15, -0.1) is 0 Å². The molecular weight excluding hydrogens is 336 g/mol. The Morgan fingerprint density at radius 1 is 1.08 bits per heavy atom. The number of ether oxygens (including phenoxy) is 3. The largest absolute Gasteiger partial charge is 0.494 e. The minimum atomic E-state index is -0.332. The van der Waals surface area contributed by atoms with Crippen LogP contribution in [0.2, 0.25) is 0 Å². The van der Waals surface area contributed by atoms with E-state index < -0.39 is 0 Å². The van der Waals surface area contributed by atoms with Gasteiger partial charge in [-0.3, -0.25) is 4.79 Å². The van der Waals surface area contributed by atoms with Crippen LogP contribution in [-0.4, -0.2) is 39.6 Å². The van der Waals surface area contributed by atoms with E-state index in [1.165, 1.54) is 13.3 Å². The quantitative estimate of drug-likeness (QED) is 0.550. The maximum Gasteiger partial charge on any atom is 0.265 e. The van der Waals surface area contributed by atoms with Crippen LogP contribution in [0.3, 0.4) is 0 Å². The van der Waals surface area contributed by atoms with Gasteiger partial charge in [0.2, 0.25) is 0 Å². The Hall–Kier alpha value is -3.22. The van der Waals surface area contributed by atoms with Gasteiger partial charge in [0.25, 0.3) is 5.91 Å². The van der Waals surface area contributed by atoms with Crippen molar-refractivity contribution in [2.45, 2.75) is 6.92 Å². The first-order chi connectivity index (χ1) is 12.7. The second kappa shape index (κ2) is 9.93. The van der Waals surface area contributed by atoms with Crippen LogP contribution in [0.15, 0.2) is 47.6 Å². The molecule has 0 saturated carbocycles. The lowest BCUT2D eigenvalue weighted by atomic mass is 10.2. The van der Waals surface area contributed by atoms with Crippen molar-refractivity contribution in [1.29, 1.82) is 0 Å². The first-order valence-corrected chi connectivity index (χ1v) is 8.06. The zero-order valence-electron chi connectivity index (χ0n) is 15.0. The molecule has 0 heterocycles. The smallest absolute Gasteiger partial charge is 0.265 e. The lowest BCUT2D eigenvalue weighted by molar-refractivity contribution is -0.120. The molecule has 0 saturated heterocycles. The number of hydrogen-bond acceptors (Lipinski definition) is 6. The molecule has 0 bridgehead atoms. The highest BCUT2D eigenvalue weighted by Gasteiger charge is 2.07. The van der Waals surface area contributed by atoms with Crippen molar-refractivity contribution in [1.82, 2.24) is 0 Å². The van der Waals surface area contributed by atoms with E-state index in [4.69, 9.17) is 19.0 Å². The van der Waals surface area contributed by atoms with E-state index in [1.54, 1.807) is 25.3 Å². The molecule has 0 aliphatic carbocycles. The van der Waals surface area contributed by atoms with Crippen LogP contribution >= 0.6 is 0 Å². The Labute approximate surface area is 152 Å². The highest BCUT2D eigenvalue weighted by molar-refractivity contribution is 5.92. The fourth-order valence-electron chi connectivity index (χ4n) is 2.12. The first-order valence-electron chi connectivity index (χ1n) is 8.06. The second-order valence-electron chi connectivity index (χ2n) is 5.13. The zero-order valence-corrected chi connectivity index (χ0v) is 15.0. The summed E-state index contributed by atoms with van der Waals surface area (Å²) in [5, 5.41) is 6.49. The maximum absolute atomic E-state index is 11.9. The normalized spacial score (nSPS) is 10.4. The number of benzene rings is 2. The van der Waals surface area contributed by atoms with E-state index in [2.05, 4.69) is 10.5 Å². The van der Waals surface area contributed by atoms with Gasteiger partial charge < -0.3 is 24.4 Å². The van der Waals surface area contributed by atoms with Crippen molar-refractivity contribution < 1.29 is 23.8 Å². The van der Waals surface area contributed by atoms with Crippen LogP contribution < -0.4 is 19.5 Å². The minimum Gasteiger partial charge on any atom is -0.494 e. The number of oxime groups is 1. The molecule has 0 atom stereocenters. The van der Waals surface area contributed by atoms with Crippen LogP contribution in [0.25, 0.3) is 0 Å². The molecule has 0 fully saturated rings. The third-order valence-electron chi connectivity index (χ3n) is 3.33. The molecule has 0 aliphatic heterocycles. The van der Waals surface area contributed by atoms with Crippen molar-refractivity contribution >= 4 is 17.8 Å². The number of rotatable bonds is 9. The summed E-state index contributed by atoms with van der Waals surface area (Å²) in [4.78, 5) is 16.9. The fourth-order valence-corrected chi connectivity index (χ4v) is 2.12. The number of hydrogen-bond donors (Lipinski definition) is 1. The van der Waals surface area contributed by atoms with Crippen LogP contribution in [-0.2, 0) is 9.63 Å². The average Bonchev–Trinajstić information content (AvgIpc) is 2.66. The summed E-state index contributed by atoms with van der Waals surface area (Å²) in [5.41, 5.74) is 1.42. The number of amides is 1. The van der Waals surface area contributed by atoms with E-state index in [0.29, 0.717) is 23.8 Å². The second-order valence-corrected chi connectivity index (χ2v) is 5.13. The van der Waals surface area contributed by atoms with Crippen molar-refractivity contribution in [3.63, 3.8) is 0 Å². The van der Waals surface area contributed by atoms with Crippen LogP contribution in [0.4, 0.5) is 5.69 Å². The van der Waals surface area contributed by atoms with Gasteiger partial charge in [0.05, 0.1) is 27.0 Å². The van der Waals surface area contributed by atoms with Gasteiger partial charge in [0.1, 0.15) is 5.75 Å². The number of carbonyl (C=O) groups is 1. The molecule has 1 amide bonds. The van der Waals surface area contributed by atoms with Crippen LogP contribution in [0, 0.1) is 0 Å². The van der Waals surface area contributed by atoms with E-state index in [-0.39, 0.29) is 12.5 Å². The molecule has 0 radical (unpaired) electrons. The highest BCUT2D eigenvalue weighted by atomic mass is 16.6. The molecule has 0 unspecified atom stereocenters. The summed E-state index contributed by atoms with van der Waals surface area (Å²) in [6, 6.07) is 12.5. The number of nitrogens with one attached hydrogen (secondary N) is 1. The molecule has 26 heavy (non-hydrogen) atoms. The van der Waals surface area contributed by atoms with E-state index in [1.807, 2.05) is 31.2 Å². The van der Waals surface area contributed by atoms with Crippen LogP contribution in [0.5, 0.6) is 17.2 Å². The molecule has 2 aromatic rings. The molecule has 7 nitrogen and oxygen atoms in total. The fraction of sp³-hybridized carbons (Fsp3) is 0.263. The predicted molar refractivity (Wildman–Crippen MR) is 99.3 cm³/mol. The van der Waals surface area contributed by atoms with Gasteiger partial charge in [-0.05, 0) is 48.9 Å². The molecule has 1 N–H and O–H groups in total. The monoisotopic (exact) mass is 358 g/mol. The molecule has 0 aromatic heterocycles. The third-order valence-corrected chi connectivity index (χ3v) is 3.33. The zero-order chi connectivity index (χ0) is 18.8. The van der Waals surface area contributed by atoms with Crippen molar-refractivity contribution in [3.8, 4) is 17.2 Å². The van der Waals surface area contributed by atoms with Gasteiger partial charge in [0, 0.05) is 11.8 Å². The standard InChI is InChI=1S/C19H22N2O5/c1-4-25-16-8-5-14(6-9-16)12-20-26-13-19(22)21-15-7-10-17(23-2)18(11-15)24-3/h5-12H,4,13H2,1-3H3,(H,21,22)/b20-12-. The van der Waals surface area contributed by atoms with E-state index in [9.17, 15) is 4.79 Å².